The van der Waals surface area contributed by atoms with Gasteiger partial charge in [-0.3, -0.25) is 0 Å². The van der Waals surface area contributed by atoms with Gasteiger partial charge in [-0.15, -0.1) is 0 Å². The topological polar surface area (TPSA) is 73.9 Å². The predicted octanol–water partition coefficient (Wildman–Crippen LogP) is 3.86. The van der Waals surface area contributed by atoms with E-state index >= 15 is 0 Å². The molecule has 0 aromatic heterocycles. The van der Waals surface area contributed by atoms with E-state index in [2.05, 4.69) is 19.0 Å². The van der Waals surface area contributed by atoms with E-state index in [0.717, 1.165) is 37.8 Å². The van der Waals surface area contributed by atoms with Gasteiger partial charge in [-0.05, 0) is 38.5 Å². The Bertz CT molecular complexity index is 338. The molecule has 1 fully saturated rings. The molecule has 2 atom stereocenters. The third-order valence-electron chi connectivity index (χ3n) is 4.29. The number of nitrogens with two attached hydrogens (primary N) is 1. The van der Waals surface area contributed by atoms with Crippen molar-refractivity contribution in [3.05, 3.63) is 0 Å². The van der Waals surface area contributed by atoms with Crippen LogP contribution in [-0.2, 0) is 9.57 Å². The fraction of sp³-hybridized carbons (Fsp3) is 0.875. The average molecular weight is 298 g/mol. The van der Waals surface area contributed by atoms with Gasteiger partial charge in [0.05, 0.1) is 5.71 Å². The van der Waals surface area contributed by atoms with Crippen molar-refractivity contribution in [2.24, 2.45) is 22.7 Å². The number of ether oxygens (including phenoxy) is 1. The van der Waals surface area contributed by atoms with E-state index in [1.54, 1.807) is 0 Å². The van der Waals surface area contributed by atoms with E-state index < -0.39 is 6.09 Å². The molecule has 1 rings (SSSR count). The van der Waals surface area contributed by atoms with Crippen LogP contribution in [0.1, 0.15) is 65.7 Å². The Balaban J connectivity index is 2.49. The third-order valence-corrected chi connectivity index (χ3v) is 4.29. The number of unbranched alkanes of at least 4 members (excludes halogenated alkanes) is 1. The zero-order valence-corrected chi connectivity index (χ0v) is 13.6. The van der Waals surface area contributed by atoms with Crippen molar-refractivity contribution in [3.63, 3.8) is 0 Å². The lowest BCUT2D eigenvalue weighted by atomic mass is 9.90. The maximum atomic E-state index is 11.1. The Morgan fingerprint density at radius 1 is 1.38 bits per heavy atom. The van der Waals surface area contributed by atoms with Gasteiger partial charge in [0.1, 0.15) is 12.7 Å². The predicted molar refractivity (Wildman–Crippen MR) is 84.2 cm³/mol. The first-order valence-corrected chi connectivity index (χ1v) is 8.17. The van der Waals surface area contributed by atoms with Gasteiger partial charge in [-0.2, -0.15) is 0 Å². The first-order valence-electron chi connectivity index (χ1n) is 8.17. The van der Waals surface area contributed by atoms with E-state index in [0.29, 0.717) is 12.5 Å². The Kier molecular flexibility index (Phi) is 8.16. The Hall–Kier alpha value is -1.26. The van der Waals surface area contributed by atoms with Crippen LogP contribution in [0.3, 0.4) is 0 Å². The summed E-state index contributed by atoms with van der Waals surface area (Å²) in [6.07, 6.45) is 6.77. The van der Waals surface area contributed by atoms with Gasteiger partial charge >= 0.3 is 6.09 Å². The molecule has 21 heavy (non-hydrogen) atoms. The lowest BCUT2D eigenvalue weighted by Gasteiger charge is -2.25. The van der Waals surface area contributed by atoms with Crippen molar-refractivity contribution in [2.45, 2.75) is 71.8 Å². The van der Waals surface area contributed by atoms with E-state index in [4.69, 9.17) is 15.3 Å². The monoisotopic (exact) mass is 298 g/mol. The standard InChI is InChI=1S/C16H30N2O3/c1-4-5-10-20-18-13(3)12(2)11-15(21-16(17)19)14-8-6-7-9-14/h12,14-15H,4-11H2,1-3H3,(H2,17,19)/b18-13+/t12-,15+/m0/s1. The number of nitrogens with zero attached hydrogens (tertiary/aromatic N) is 1. The Labute approximate surface area is 128 Å². The van der Waals surface area contributed by atoms with Crippen LogP contribution in [-0.4, -0.2) is 24.5 Å². The largest absolute Gasteiger partial charge is 0.446 e. The fourth-order valence-electron chi connectivity index (χ4n) is 2.78. The minimum Gasteiger partial charge on any atom is -0.446 e. The van der Waals surface area contributed by atoms with Gasteiger partial charge in [0, 0.05) is 5.92 Å². The highest BCUT2D eigenvalue weighted by atomic mass is 16.6. The van der Waals surface area contributed by atoms with Crippen LogP contribution in [0.5, 0.6) is 0 Å². The van der Waals surface area contributed by atoms with Gasteiger partial charge in [0.25, 0.3) is 0 Å². The Morgan fingerprint density at radius 2 is 2.05 bits per heavy atom. The van der Waals surface area contributed by atoms with Crippen molar-refractivity contribution in [1.29, 1.82) is 0 Å². The molecule has 5 nitrogen and oxygen atoms in total. The molecule has 0 bridgehead atoms. The molecule has 0 radical (unpaired) electrons. The average Bonchev–Trinajstić information content (AvgIpc) is 2.96. The lowest BCUT2D eigenvalue weighted by Crippen LogP contribution is -2.31. The van der Waals surface area contributed by atoms with Crippen molar-refractivity contribution in [3.8, 4) is 0 Å². The molecule has 0 aromatic carbocycles. The van der Waals surface area contributed by atoms with Crippen molar-refractivity contribution in [2.75, 3.05) is 6.61 Å². The molecule has 1 amide bonds. The van der Waals surface area contributed by atoms with Crippen LogP contribution < -0.4 is 5.73 Å². The summed E-state index contributed by atoms with van der Waals surface area (Å²) >= 11 is 0. The van der Waals surface area contributed by atoms with Gasteiger partial charge in [0.15, 0.2) is 0 Å². The maximum Gasteiger partial charge on any atom is 0.404 e. The smallest absolute Gasteiger partial charge is 0.404 e. The molecule has 0 unspecified atom stereocenters. The molecule has 2 N–H and O–H groups in total. The summed E-state index contributed by atoms with van der Waals surface area (Å²) in [5.74, 6) is 0.658. The summed E-state index contributed by atoms with van der Waals surface area (Å²) < 4.78 is 5.34. The number of carbonyl (C=O) groups excluding carboxylic acids is 1. The van der Waals surface area contributed by atoms with Crippen LogP contribution in [0.2, 0.25) is 0 Å². The highest BCUT2D eigenvalue weighted by Crippen LogP contribution is 2.32. The van der Waals surface area contributed by atoms with Crippen LogP contribution in [0.4, 0.5) is 4.79 Å². The summed E-state index contributed by atoms with van der Waals surface area (Å²) in [4.78, 5) is 16.4. The summed E-state index contributed by atoms with van der Waals surface area (Å²) in [7, 11) is 0. The van der Waals surface area contributed by atoms with Crippen LogP contribution in [0.25, 0.3) is 0 Å². The number of carbonyl (C=O) groups is 1. The molecule has 0 spiro atoms. The van der Waals surface area contributed by atoms with E-state index in [9.17, 15) is 4.79 Å². The normalized spacial score (nSPS) is 19.3. The first kappa shape index (κ1) is 17.8. The lowest BCUT2D eigenvalue weighted by molar-refractivity contribution is 0.0589. The number of hydrogen-bond donors (Lipinski definition) is 1. The second kappa shape index (κ2) is 9.64. The molecule has 0 heterocycles. The number of oxime groups is 1. The van der Waals surface area contributed by atoms with Gasteiger partial charge < -0.3 is 15.3 Å². The molecule has 0 aromatic rings. The van der Waals surface area contributed by atoms with Crippen LogP contribution in [0, 0.1) is 11.8 Å². The molecular weight excluding hydrogens is 268 g/mol. The molecule has 0 saturated heterocycles. The van der Waals surface area contributed by atoms with E-state index in [-0.39, 0.29) is 12.0 Å². The highest BCUT2D eigenvalue weighted by molar-refractivity contribution is 5.83. The summed E-state index contributed by atoms with van der Waals surface area (Å²) in [5, 5.41) is 4.17. The zero-order valence-electron chi connectivity index (χ0n) is 13.6. The van der Waals surface area contributed by atoms with Gasteiger partial charge in [0.2, 0.25) is 0 Å². The Morgan fingerprint density at radius 3 is 2.62 bits per heavy atom. The minimum atomic E-state index is -0.673. The minimum absolute atomic E-state index is 0.0965. The van der Waals surface area contributed by atoms with Crippen LogP contribution >= 0.6 is 0 Å². The summed E-state index contributed by atoms with van der Waals surface area (Å²) in [6, 6.07) is 0. The van der Waals surface area contributed by atoms with Crippen molar-refractivity contribution in [1.82, 2.24) is 0 Å². The molecule has 5 heteroatoms. The molecular formula is C16H30N2O3. The van der Waals surface area contributed by atoms with Crippen molar-refractivity contribution >= 4 is 11.8 Å². The van der Waals surface area contributed by atoms with Crippen LogP contribution in [0.15, 0.2) is 5.16 Å². The molecule has 0 aliphatic heterocycles. The molecule has 122 valence electrons. The van der Waals surface area contributed by atoms with Gasteiger partial charge in [-0.1, -0.05) is 38.3 Å². The summed E-state index contributed by atoms with van der Waals surface area (Å²) in [5.41, 5.74) is 6.16. The van der Waals surface area contributed by atoms with E-state index in [1.807, 2.05) is 6.92 Å². The highest BCUT2D eigenvalue weighted by Gasteiger charge is 2.29. The first-order chi connectivity index (χ1) is 10.0. The third kappa shape index (κ3) is 6.82. The summed E-state index contributed by atoms with van der Waals surface area (Å²) in [6.45, 7) is 6.83. The fourth-order valence-corrected chi connectivity index (χ4v) is 2.78. The number of amides is 1. The number of hydrogen-bond acceptors (Lipinski definition) is 4. The number of rotatable bonds is 9. The molecule has 1 aliphatic carbocycles. The number of primary amides is 1. The van der Waals surface area contributed by atoms with E-state index in [1.165, 1.54) is 12.8 Å². The van der Waals surface area contributed by atoms with Crippen molar-refractivity contribution < 1.29 is 14.4 Å². The quantitative estimate of drug-likeness (QED) is 0.399. The maximum absolute atomic E-state index is 11.1. The molecule has 1 saturated carbocycles. The molecule has 1 aliphatic rings. The van der Waals surface area contributed by atoms with Gasteiger partial charge in [-0.25, -0.2) is 4.79 Å². The second-order valence-corrected chi connectivity index (χ2v) is 6.08. The SMILES string of the molecule is CCCCO/N=C(\C)[C@@H](C)C[C@@H](OC(N)=O)C1CCCC1. The second-order valence-electron chi connectivity index (χ2n) is 6.08. The zero-order chi connectivity index (χ0) is 15.7.